The highest BCUT2D eigenvalue weighted by atomic mass is 16.5. The molecule has 1 aliphatic heterocycles. The second kappa shape index (κ2) is 6.32. The molecule has 0 aromatic carbocycles. The monoisotopic (exact) mass is 287 g/mol. The Bertz CT molecular complexity index is 591. The summed E-state index contributed by atoms with van der Waals surface area (Å²) in [5, 5.41) is 7.56. The summed E-state index contributed by atoms with van der Waals surface area (Å²) in [5.74, 6) is 1.32. The van der Waals surface area contributed by atoms with Gasteiger partial charge in [-0.15, -0.1) is 0 Å². The van der Waals surface area contributed by atoms with Crippen molar-refractivity contribution in [1.82, 2.24) is 25.3 Å². The predicted molar refractivity (Wildman–Crippen MR) is 79.7 cm³/mol. The second-order valence-corrected chi connectivity index (χ2v) is 5.42. The molecule has 0 radical (unpaired) electrons. The lowest BCUT2D eigenvalue weighted by molar-refractivity contribution is 0.160. The number of aryl methyl sites for hydroxylation is 1. The van der Waals surface area contributed by atoms with Gasteiger partial charge >= 0.3 is 0 Å². The molecule has 1 atom stereocenters. The quantitative estimate of drug-likeness (QED) is 0.925. The fourth-order valence-corrected chi connectivity index (χ4v) is 2.76. The number of hydrogen-bond acceptors (Lipinski definition) is 6. The molecule has 3 rings (SSSR count). The van der Waals surface area contributed by atoms with Crippen molar-refractivity contribution in [2.75, 3.05) is 26.2 Å². The summed E-state index contributed by atoms with van der Waals surface area (Å²) in [6, 6.07) is 2.23. The maximum Gasteiger partial charge on any atom is 0.259 e. The Morgan fingerprint density at radius 1 is 1.33 bits per heavy atom. The first kappa shape index (κ1) is 14.2. The van der Waals surface area contributed by atoms with Crippen LogP contribution in [0.3, 0.4) is 0 Å². The lowest BCUT2D eigenvalue weighted by Gasteiger charge is -2.32. The SMILES string of the molecule is CCC(c1noc(-c2cncc(C)c2)n1)N1CCNCC1. The van der Waals surface area contributed by atoms with E-state index in [1.54, 1.807) is 6.20 Å². The number of piperazine rings is 1. The zero-order valence-corrected chi connectivity index (χ0v) is 12.5. The van der Waals surface area contributed by atoms with Gasteiger partial charge in [-0.05, 0) is 25.0 Å². The van der Waals surface area contributed by atoms with Crippen molar-refractivity contribution >= 4 is 0 Å². The van der Waals surface area contributed by atoms with E-state index in [2.05, 4.69) is 32.3 Å². The van der Waals surface area contributed by atoms with Gasteiger partial charge in [0.1, 0.15) is 0 Å². The van der Waals surface area contributed by atoms with E-state index in [-0.39, 0.29) is 6.04 Å². The molecule has 3 heterocycles. The molecule has 0 bridgehead atoms. The highest BCUT2D eigenvalue weighted by Gasteiger charge is 2.25. The van der Waals surface area contributed by atoms with Gasteiger partial charge in [-0.3, -0.25) is 9.88 Å². The van der Waals surface area contributed by atoms with Crippen LogP contribution >= 0.6 is 0 Å². The Labute approximate surface area is 124 Å². The van der Waals surface area contributed by atoms with Crippen molar-refractivity contribution in [3.63, 3.8) is 0 Å². The van der Waals surface area contributed by atoms with E-state index in [1.807, 2.05) is 19.2 Å². The van der Waals surface area contributed by atoms with Gasteiger partial charge in [-0.2, -0.15) is 4.98 Å². The molecule has 0 spiro atoms. The highest BCUT2D eigenvalue weighted by Crippen LogP contribution is 2.25. The summed E-state index contributed by atoms with van der Waals surface area (Å²) >= 11 is 0. The maximum atomic E-state index is 5.44. The van der Waals surface area contributed by atoms with Crippen LogP contribution in [-0.2, 0) is 0 Å². The molecule has 1 fully saturated rings. The molecular weight excluding hydrogens is 266 g/mol. The molecule has 1 saturated heterocycles. The average molecular weight is 287 g/mol. The highest BCUT2D eigenvalue weighted by molar-refractivity contribution is 5.51. The Hall–Kier alpha value is -1.79. The van der Waals surface area contributed by atoms with Crippen LogP contribution in [0.5, 0.6) is 0 Å². The van der Waals surface area contributed by atoms with Gasteiger partial charge in [0.2, 0.25) is 0 Å². The third-order valence-electron chi connectivity index (χ3n) is 3.84. The second-order valence-electron chi connectivity index (χ2n) is 5.42. The summed E-state index contributed by atoms with van der Waals surface area (Å²) in [6.07, 6.45) is 4.55. The summed E-state index contributed by atoms with van der Waals surface area (Å²) in [7, 11) is 0. The van der Waals surface area contributed by atoms with Crippen molar-refractivity contribution in [1.29, 1.82) is 0 Å². The number of rotatable bonds is 4. The van der Waals surface area contributed by atoms with Gasteiger partial charge in [0.05, 0.1) is 11.6 Å². The van der Waals surface area contributed by atoms with Gasteiger partial charge in [-0.25, -0.2) is 0 Å². The molecular formula is C15H21N5O. The van der Waals surface area contributed by atoms with E-state index in [4.69, 9.17) is 4.52 Å². The minimum absolute atomic E-state index is 0.224. The Balaban J connectivity index is 1.82. The van der Waals surface area contributed by atoms with Crippen LogP contribution in [0.25, 0.3) is 11.5 Å². The number of hydrogen-bond donors (Lipinski definition) is 1. The first-order valence-corrected chi connectivity index (χ1v) is 7.48. The minimum Gasteiger partial charge on any atom is -0.334 e. The molecule has 0 amide bonds. The molecule has 0 aliphatic carbocycles. The van der Waals surface area contributed by atoms with Crippen LogP contribution in [0.2, 0.25) is 0 Å². The molecule has 1 unspecified atom stereocenters. The third kappa shape index (κ3) is 3.11. The van der Waals surface area contributed by atoms with E-state index in [9.17, 15) is 0 Å². The van der Waals surface area contributed by atoms with Crippen LogP contribution in [0.1, 0.15) is 30.8 Å². The third-order valence-corrected chi connectivity index (χ3v) is 3.84. The van der Waals surface area contributed by atoms with E-state index >= 15 is 0 Å². The number of pyridine rings is 1. The fraction of sp³-hybridized carbons (Fsp3) is 0.533. The standard InChI is InChI=1S/C15H21N5O/c1-3-13(20-6-4-16-5-7-20)14-18-15(21-19-14)12-8-11(2)9-17-10-12/h8-10,13,16H,3-7H2,1-2H3. The summed E-state index contributed by atoms with van der Waals surface area (Å²) in [4.78, 5) is 11.2. The van der Waals surface area contributed by atoms with E-state index in [0.717, 1.165) is 49.6 Å². The van der Waals surface area contributed by atoms with Crippen molar-refractivity contribution in [2.24, 2.45) is 0 Å². The minimum atomic E-state index is 0.224. The number of nitrogens with zero attached hydrogens (tertiary/aromatic N) is 4. The number of aromatic nitrogens is 3. The molecule has 1 N–H and O–H groups in total. The Kier molecular flexibility index (Phi) is 4.26. The normalized spacial score (nSPS) is 17.8. The zero-order valence-electron chi connectivity index (χ0n) is 12.5. The number of nitrogens with one attached hydrogen (secondary N) is 1. The molecule has 2 aromatic rings. The van der Waals surface area contributed by atoms with Crippen LogP contribution in [0, 0.1) is 6.92 Å². The van der Waals surface area contributed by atoms with Crippen molar-refractivity contribution in [2.45, 2.75) is 26.3 Å². The molecule has 6 heteroatoms. The summed E-state index contributed by atoms with van der Waals surface area (Å²) in [6.45, 7) is 8.25. The first-order valence-electron chi connectivity index (χ1n) is 7.48. The fourth-order valence-electron chi connectivity index (χ4n) is 2.76. The van der Waals surface area contributed by atoms with Gasteiger partial charge in [0.25, 0.3) is 5.89 Å². The smallest absolute Gasteiger partial charge is 0.259 e. The summed E-state index contributed by atoms with van der Waals surface area (Å²) < 4.78 is 5.44. The maximum absolute atomic E-state index is 5.44. The van der Waals surface area contributed by atoms with E-state index in [1.165, 1.54) is 0 Å². The lowest BCUT2D eigenvalue weighted by atomic mass is 10.1. The Morgan fingerprint density at radius 3 is 2.86 bits per heavy atom. The molecule has 0 saturated carbocycles. The van der Waals surface area contributed by atoms with Gasteiger partial charge in [-0.1, -0.05) is 12.1 Å². The van der Waals surface area contributed by atoms with Gasteiger partial charge in [0, 0.05) is 38.6 Å². The molecule has 2 aromatic heterocycles. The van der Waals surface area contributed by atoms with Crippen LogP contribution < -0.4 is 5.32 Å². The Morgan fingerprint density at radius 2 is 2.14 bits per heavy atom. The van der Waals surface area contributed by atoms with Crippen molar-refractivity contribution in [3.8, 4) is 11.5 Å². The summed E-state index contributed by atoms with van der Waals surface area (Å²) in [5.41, 5.74) is 1.96. The molecule has 112 valence electrons. The molecule has 21 heavy (non-hydrogen) atoms. The van der Waals surface area contributed by atoms with E-state index < -0.39 is 0 Å². The average Bonchev–Trinajstić information content (AvgIpc) is 2.99. The first-order chi connectivity index (χ1) is 10.3. The van der Waals surface area contributed by atoms with Gasteiger partial charge in [0.15, 0.2) is 5.82 Å². The van der Waals surface area contributed by atoms with Crippen LogP contribution in [0.4, 0.5) is 0 Å². The predicted octanol–water partition coefficient (Wildman–Crippen LogP) is 1.80. The van der Waals surface area contributed by atoms with Crippen molar-refractivity contribution < 1.29 is 4.52 Å². The van der Waals surface area contributed by atoms with Gasteiger partial charge < -0.3 is 9.84 Å². The van der Waals surface area contributed by atoms with E-state index in [0.29, 0.717) is 5.89 Å². The topological polar surface area (TPSA) is 67.1 Å². The molecule has 1 aliphatic rings. The van der Waals surface area contributed by atoms with Crippen LogP contribution in [0.15, 0.2) is 23.0 Å². The molecule has 6 nitrogen and oxygen atoms in total. The van der Waals surface area contributed by atoms with Crippen LogP contribution in [-0.4, -0.2) is 46.2 Å². The zero-order chi connectivity index (χ0) is 14.7. The largest absolute Gasteiger partial charge is 0.334 e. The van der Waals surface area contributed by atoms with Crippen molar-refractivity contribution in [3.05, 3.63) is 29.8 Å². The lowest BCUT2D eigenvalue weighted by Crippen LogP contribution is -2.45.